The number of ether oxygens (including phenoxy) is 1. The number of rotatable bonds is 6. The number of fused-ring (bicyclic) bond motifs is 1. The van der Waals surface area contributed by atoms with Gasteiger partial charge in [-0.1, -0.05) is 0 Å². The normalized spacial score (nSPS) is 14.1. The van der Waals surface area contributed by atoms with Crippen molar-refractivity contribution in [2.75, 3.05) is 19.7 Å². The van der Waals surface area contributed by atoms with E-state index in [1.165, 1.54) is 0 Å². The molecule has 0 bridgehead atoms. The number of aryl methyl sites for hydroxylation is 1. The molecule has 2 N–H and O–H groups in total. The van der Waals surface area contributed by atoms with Crippen LogP contribution < -0.4 is 5.32 Å². The molecule has 2 amide bonds. The first-order valence-electron chi connectivity index (χ1n) is 9.14. The fourth-order valence-corrected chi connectivity index (χ4v) is 2.96. The molecule has 0 fully saturated rings. The molecule has 1 aromatic heterocycles. The fraction of sp³-hybridized carbons (Fsp3) is 0.722. The number of carbonyl (C=O) groups is 2. The summed E-state index contributed by atoms with van der Waals surface area (Å²) in [6.07, 6.45) is 2.68. The molecule has 1 aromatic rings. The SMILES string of the molecule is Cn1nc(C(=O)NCCCCCO)c2c1CCN(C(=O)OC(C)(C)C)C2. The van der Waals surface area contributed by atoms with E-state index in [4.69, 9.17) is 9.84 Å². The van der Waals surface area contributed by atoms with Crippen molar-refractivity contribution < 1.29 is 19.4 Å². The quantitative estimate of drug-likeness (QED) is 0.746. The molecule has 0 saturated heterocycles. The molecular formula is C18H30N4O4. The smallest absolute Gasteiger partial charge is 0.410 e. The summed E-state index contributed by atoms with van der Waals surface area (Å²) in [5.74, 6) is -0.225. The molecule has 0 unspecified atom stereocenters. The van der Waals surface area contributed by atoms with Gasteiger partial charge >= 0.3 is 6.09 Å². The van der Waals surface area contributed by atoms with Gasteiger partial charge in [-0.3, -0.25) is 9.48 Å². The number of nitrogens with one attached hydrogen (secondary N) is 1. The summed E-state index contributed by atoms with van der Waals surface area (Å²) < 4.78 is 7.17. The van der Waals surface area contributed by atoms with Crippen LogP contribution in [0.15, 0.2) is 0 Å². The van der Waals surface area contributed by atoms with Crippen LogP contribution in [-0.2, 0) is 24.8 Å². The van der Waals surface area contributed by atoms with Crippen molar-refractivity contribution in [3.05, 3.63) is 17.0 Å². The minimum absolute atomic E-state index is 0.169. The summed E-state index contributed by atoms with van der Waals surface area (Å²) in [6, 6.07) is 0. The molecule has 8 heteroatoms. The van der Waals surface area contributed by atoms with Crippen molar-refractivity contribution in [3.63, 3.8) is 0 Å². The van der Waals surface area contributed by atoms with Gasteiger partial charge in [0.05, 0.1) is 6.54 Å². The number of hydrogen-bond donors (Lipinski definition) is 2. The van der Waals surface area contributed by atoms with E-state index in [-0.39, 0.29) is 18.6 Å². The molecule has 0 saturated carbocycles. The topological polar surface area (TPSA) is 96.7 Å². The number of hydrogen-bond acceptors (Lipinski definition) is 5. The molecule has 8 nitrogen and oxygen atoms in total. The Morgan fingerprint density at radius 1 is 1.27 bits per heavy atom. The maximum absolute atomic E-state index is 12.5. The number of carbonyl (C=O) groups excluding carboxylic acids is 2. The minimum atomic E-state index is -0.554. The fourth-order valence-electron chi connectivity index (χ4n) is 2.96. The molecular weight excluding hydrogens is 336 g/mol. The maximum Gasteiger partial charge on any atom is 0.410 e. The summed E-state index contributed by atoms with van der Waals surface area (Å²) in [5, 5.41) is 16.0. The van der Waals surface area contributed by atoms with Crippen LogP contribution in [0.5, 0.6) is 0 Å². The zero-order chi connectivity index (χ0) is 19.3. The lowest BCUT2D eigenvalue weighted by atomic mass is 10.0. The Morgan fingerprint density at radius 3 is 2.65 bits per heavy atom. The number of amides is 2. The van der Waals surface area contributed by atoms with Gasteiger partial charge in [-0.15, -0.1) is 0 Å². The number of nitrogens with zero attached hydrogens (tertiary/aromatic N) is 3. The Kier molecular flexibility index (Phi) is 6.63. The van der Waals surface area contributed by atoms with Gasteiger partial charge in [-0.25, -0.2) is 4.79 Å². The molecule has 26 heavy (non-hydrogen) atoms. The van der Waals surface area contributed by atoms with Crippen LogP contribution >= 0.6 is 0 Å². The first kappa shape index (κ1) is 20.2. The summed E-state index contributed by atoms with van der Waals surface area (Å²) in [5.41, 5.74) is 1.59. The lowest BCUT2D eigenvalue weighted by molar-refractivity contribution is 0.0221. The monoisotopic (exact) mass is 366 g/mol. The molecule has 0 aliphatic carbocycles. The van der Waals surface area contributed by atoms with E-state index in [9.17, 15) is 9.59 Å². The Balaban J connectivity index is 2.04. The lowest BCUT2D eigenvalue weighted by Gasteiger charge is -2.30. The van der Waals surface area contributed by atoms with Crippen molar-refractivity contribution >= 4 is 12.0 Å². The zero-order valence-corrected chi connectivity index (χ0v) is 16.2. The molecule has 2 rings (SSSR count). The van der Waals surface area contributed by atoms with E-state index in [2.05, 4.69) is 10.4 Å². The van der Waals surface area contributed by atoms with Crippen molar-refractivity contribution in [3.8, 4) is 0 Å². The first-order valence-corrected chi connectivity index (χ1v) is 9.14. The van der Waals surface area contributed by atoms with E-state index >= 15 is 0 Å². The highest BCUT2D eigenvalue weighted by molar-refractivity contribution is 5.94. The standard InChI is InChI=1S/C18H30N4O4/c1-18(2,3)26-17(25)22-10-8-14-13(12-22)15(20-21(14)4)16(24)19-9-6-5-7-11-23/h23H,5-12H2,1-4H3,(H,19,24). The number of aliphatic hydroxyl groups is 1. The second-order valence-electron chi connectivity index (χ2n) is 7.59. The number of aromatic nitrogens is 2. The molecule has 0 atom stereocenters. The highest BCUT2D eigenvalue weighted by Gasteiger charge is 2.31. The van der Waals surface area contributed by atoms with Gasteiger partial charge in [0, 0.05) is 44.4 Å². The van der Waals surface area contributed by atoms with Gasteiger partial charge in [0.15, 0.2) is 5.69 Å². The zero-order valence-electron chi connectivity index (χ0n) is 16.2. The Labute approximate surface area is 154 Å². The largest absolute Gasteiger partial charge is 0.444 e. The molecule has 1 aliphatic rings. The summed E-state index contributed by atoms with van der Waals surface area (Å²) >= 11 is 0. The number of aliphatic hydroxyl groups excluding tert-OH is 1. The van der Waals surface area contributed by atoms with Gasteiger partial charge in [-0.2, -0.15) is 5.10 Å². The Bertz CT molecular complexity index is 648. The van der Waals surface area contributed by atoms with Crippen LogP contribution in [0.1, 0.15) is 61.8 Å². The highest BCUT2D eigenvalue weighted by atomic mass is 16.6. The van der Waals surface area contributed by atoms with Gasteiger partial charge in [0.2, 0.25) is 0 Å². The third kappa shape index (κ3) is 5.20. The van der Waals surface area contributed by atoms with Gasteiger partial charge in [-0.05, 0) is 40.0 Å². The predicted octanol–water partition coefficient (Wildman–Crippen LogP) is 1.61. The Morgan fingerprint density at radius 2 is 2.00 bits per heavy atom. The average Bonchev–Trinajstić information content (AvgIpc) is 2.89. The molecule has 2 heterocycles. The van der Waals surface area contributed by atoms with E-state index in [1.54, 1.807) is 9.58 Å². The molecule has 0 spiro atoms. The van der Waals surface area contributed by atoms with Crippen molar-refractivity contribution in [1.29, 1.82) is 0 Å². The van der Waals surface area contributed by atoms with Crippen LogP contribution in [0.4, 0.5) is 4.79 Å². The summed E-state index contributed by atoms with van der Waals surface area (Å²) in [6.45, 7) is 7.08. The molecule has 0 aromatic carbocycles. The van der Waals surface area contributed by atoms with Gasteiger partial charge in [0.25, 0.3) is 5.91 Å². The highest BCUT2D eigenvalue weighted by Crippen LogP contribution is 2.23. The van der Waals surface area contributed by atoms with Crippen molar-refractivity contribution in [2.24, 2.45) is 7.05 Å². The average molecular weight is 366 g/mol. The summed E-state index contributed by atoms with van der Waals surface area (Å²) in [7, 11) is 1.82. The van der Waals surface area contributed by atoms with Crippen LogP contribution in [0.25, 0.3) is 0 Å². The molecule has 146 valence electrons. The lowest BCUT2D eigenvalue weighted by Crippen LogP contribution is -2.40. The van der Waals surface area contributed by atoms with Crippen molar-refractivity contribution in [1.82, 2.24) is 20.0 Å². The summed E-state index contributed by atoms with van der Waals surface area (Å²) in [4.78, 5) is 26.5. The first-order chi connectivity index (χ1) is 12.2. The van der Waals surface area contributed by atoms with Crippen molar-refractivity contribution in [2.45, 2.75) is 58.6 Å². The third-order valence-electron chi connectivity index (χ3n) is 4.23. The van der Waals surface area contributed by atoms with Gasteiger partial charge in [0.1, 0.15) is 5.60 Å². The van der Waals surface area contributed by atoms with Crippen LogP contribution in [-0.4, -0.2) is 57.1 Å². The second kappa shape index (κ2) is 8.53. The maximum atomic E-state index is 12.5. The molecule has 0 radical (unpaired) electrons. The van der Waals surface area contributed by atoms with E-state index in [0.29, 0.717) is 31.7 Å². The van der Waals surface area contributed by atoms with Crippen LogP contribution in [0.3, 0.4) is 0 Å². The van der Waals surface area contributed by atoms with Gasteiger partial charge < -0.3 is 20.1 Å². The van der Waals surface area contributed by atoms with Crippen LogP contribution in [0, 0.1) is 0 Å². The second-order valence-corrected chi connectivity index (χ2v) is 7.59. The van der Waals surface area contributed by atoms with E-state index < -0.39 is 5.60 Å². The third-order valence-corrected chi connectivity index (χ3v) is 4.23. The predicted molar refractivity (Wildman–Crippen MR) is 96.8 cm³/mol. The van der Waals surface area contributed by atoms with E-state index in [1.807, 2.05) is 27.8 Å². The molecule has 1 aliphatic heterocycles. The van der Waals surface area contributed by atoms with Crippen LogP contribution in [0.2, 0.25) is 0 Å². The minimum Gasteiger partial charge on any atom is -0.444 e. The Hall–Kier alpha value is -2.09. The van der Waals surface area contributed by atoms with E-state index in [0.717, 1.165) is 30.5 Å². The number of unbranched alkanes of at least 4 members (excludes halogenated alkanes) is 2.